The lowest BCUT2D eigenvalue weighted by Gasteiger charge is -2.12. The third-order valence-corrected chi connectivity index (χ3v) is 8.38. The molecule has 3 heterocycles. The molecule has 0 aliphatic heterocycles. The van der Waals surface area contributed by atoms with Gasteiger partial charge in [0.25, 0.3) is 10.0 Å². The van der Waals surface area contributed by atoms with Crippen LogP contribution in [0.1, 0.15) is 47.6 Å². The Balaban J connectivity index is 1.25. The highest BCUT2D eigenvalue weighted by Crippen LogP contribution is 2.35. The molecule has 1 aliphatic carbocycles. The van der Waals surface area contributed by atoms with Gasteiger partial charge in [0, 0.05) is 29.7 Å². The number of nitrogens with zero attached hydrogens (tertiary/aromatic N) is 4. The van der Waals surface area contributed by atoms with Crippen molar-refractivity contribution in [1.29, 1.82) is 0 Å². The van der Waals surface area contributed by atoms with Gasteiger partial charge >= 0.3 is 0 Å². The zero-order valence-corrected chi connectivity index (χ0v) is 22.2. The molecule has 0 spiro atoms. The molecule has 5 aromatic rings. The third kappa shape index (κ3) is 4.98. The second-order valence-corrected chi connectivity index (χ2v) is 11.3. The van der Waals surface area contributed by atoms with Gasteiger partial charge in [0.15, 0.2) is 5.78 Å². The van der Waals surface area contributed by atoms with E-state index in [1.807, 2.05) is 4.57 Å². The number of hydrogen-bond acceptors (Lipinski definition) is 8. The molecule has 202 valence electrons. The summed E-state index contributed by atoms with van der Waals surface area (Å²) in [5.41, 5.74) is 7.79. The molecule has 0 amide bonds. The number of nitrogen functional groups attached to an aromatic ring is 1. The van der Waals surface area contributed by atoms with E-state index < -0.39 is 10.0 Å². The smallest absolute Gasteiger partial charge is 0.261 e. The van der Waals surface area contributed by atoms with Crippen molar-refractivity contribution in [1.82, 2.24) is 19.5 Å². The number of ether oxygens (including phenoxy) is 1. The Hall–Kier alpha value is -4.77. The quantitative estimate of drug-likeness (QED) is 0.245. The van der Waals surface area contributed by atoms with Gasteiger partial charge in [-0.05, 0) is 61.4 Å². The van der Waals surface area contributed by atoms with Crippen LogP contribution in [0.3, 0.4) is 0 Å². The maximum absolute atomic E-state index is 13.7. The standard InChI is InChI=1S/C29H26N6O4S/c30-28-26-25(17-35(21-7-1-2-8-21)29(26)33-18-32-28)27(36)19-5-3-6-20(15-19)34-40(37,38)24-12-10-22(11-13-24)39-23-9-4-14-31-16-23/h3-6,9-18,21,34H,1-2,7-8H2,(H2,30,32,33). The van der Waals surface area contributed by atoms with Gasteiger partial charge in [-0.2, -0.15) is 0 Å². The molecule has 1 saturated carbocycles. The van der Waals surface area contributed by atoms with E-state index in [9.17, 15) is 13.2 Å². The number of fused-ring (bicyclic) bond motifs is 1. The monoisotopic (exact) mass is 554 g/mol. The fraction of sp³-hybridized carbons (Fsp3) is 0.172. The summed E-state index contributed by atoms with van der Waals surface area (Å²) in [5.74, 6) is 0.955. The number of ketones is 1. The number of benzene rings is 2. The van der Waals surface area contributed by atoms with Crippen molar-refractivity contribution in [3.63, 3.8) is 0 Å². The number of nitrogens with one attached hydrogen (secondary N) is 1. The van der Waals surface area contributed by atoms with Gasteiger partial charge in [0.2, 0.25) is 0 Å². The predicted octanol–water partition coefficient (Wildman–Crippen LogP) is 5.35. The Kier molecular flexibility index (Phi) is 6.64. The van der Waals surface area contributed by atoms with Crippen LogP contribution < -0.4 is 15.2 Å². The van der Waals surface area contributed by atoms with Crippen molar-refractivity contribution < 1.29 is 17.9 Å². The molecule has 10 nitrogen and oxygen atoms in total. The van der Waals surface area contributed by atoms with Gasteiger partial charge in [0.05, 0.1) is 22.0 Å². The van der Waals surface area contributed by atoms with Crippen molar-refractivity contribution in [3.8, 4) is 11.5 Å². The Labute approximate surface area is 230 Å². The lowest BCUT2D eigenvalue weighted by atomic mass is 10.0. The minimum absolute atomic E-state index is 0.0484. The molecule has 1 fully saturated rings. The summed E-state index contributed by atoms with van der Waals surface area (Å²) in [6.45, 7) is 0. The maximum atomic E-state index is 13.7. The molecule has 0 unspecified atom stereocenters. The molecule has 3 aromatic heterocycles. The van der Waals surface area contributed by atoms with Crippen LogP contribution in [0, 0.1) is 0 Å². The average Bonchev–Trinajstić information content (AvgIpc) is 3.63. The summed E-state index contributed by atoms with van der Waals surface area (Å²) in [6.07, 6.45) is 10.7. The van der Waals surface area contributed by atoms with Crippen LogP contribution in [-0.4, -0.2) is 33.7 Å². The van der Waals surface area contributed by atoms with Crippen molar-refractivity contribution in [2.45, 2.75) is 36.6 Å². The summed E-state index contributed by atoms with van der Waals surface area (Å²) in [4.78, 5) is 26.3. The van der Waals surface area contributed by atoms with E-state index in [1.165, 1.54) is 24.5 Å². The van der Waals surface area contributed by atoms with E-state index in [1.54, 1.807) is 61.1 Å². The molecule has 6 rings (SSSR count). The van der Waals surface area contributed by atoms with Crippen LogP contribution >= 0.6 is 0 Å². The normalized spacial score (nSPS) is 13.9. The fourth-order valence-electron chi connectivity index (χ4n) is 5.07. The number of rotatable bonds is 8. The molecular formula is C29H26N6O4S. The van der Waals surface area contributed by atoms with Crippen molar-refractivity contribution in [2.75, 3.05) is 10.5 Å². The van der Waals surface area contributed by atoms with Gasteiger partial charge in [-0.3, -0.25) is 14.5 Å². The molecule has 11 heteroatoms. The van der Waals surface area contributed by atoms with E-state index in [-0.39, 0.29) is 28.2 Å². The Morgan fingerprint density at radius 3 is 2.55 bits per heavy atom. The van der Waals surface area contributed by atoms with Gasteiger partial charge in [-0.25, -0.2) is 18.4 Å². The summed E-state index contributed by atoms with van der Waals surface area (Å²) in [7, 11) is -3.93. The molecule has 1 aliphatic rings. The summed E-state index contributed by atoms with van der Waals surface area (Å²) >= 11 is 0. The lowest BCUT2D eigenvalue weighted by molar-refractivity contribution is 0.104. The van der Waals surface area contributed by atoms with Crippen LogP contribution in [0.2, 0.25) is 0 Å². The number of hydrogen-bond donors (Lipinski definition) is 2. The summed E-state index contributed by atoms with van der Waals surface area (Å²) in [6, 6.07) is 16.1. The molecule has 0 bridgehead atoms. The van der Waals surface area contributed by atoms with Crippen molar-refractivity contribution >= 4 is 38.3 Å². The first-order valence-corrected chi connectivity index (χ1v) is 14.3. The number of anilines is 2. The zero-order valence-electron chi connectivity index (χ0n) is 21.4. The number of aromatic nitrogens is 4. The van der Waals surface area contributed by atoms with E-state index in [2.05, 4.69) is 19.7 Å². The molecule has 0 radical (unpaired) electrons. The van der Waals surface area contributed by atoms with Gasteiger partial charge in [-0.1, -0.05) is 25.0 Å². The van der Waals surface area contributed by atoms with Gasteiger partial charge in [0.1, 0.15) is 29.3 Å². The van der Waals surface area contributed by atoms with Crippen LogP contribution in [0.4, 0.5) is 11.5 Å². The van der Waals surface area contributed by atoms with Crippen LogP contribution in [0.5, 0.6) is 11.5 Å². The van der Waals surface area contributed by atoms with Crippen molar-refractivity contribution in [3.05, 3.63) is 96.7 Å². The number of pyridine rings is 1. The Morgan fingerprint density at radius 2 is 1.80 bits per heavy atom. The highest BCUT2D eigenvalue weighted by atomic mass is 32.2. The minimum atomic E-state index is -3.93. The van der Waals surface area contributed by atoms with Gasteiger partial charge in [-0.15, -0.1) is 0 Å². The molecule has 0 saturated heterocycles. The van der Waals surface area contributed by atoms with E-state index >= 15 is 0 Å². The minimum Gasteiger partial charge on any atom is -0.456 e. The molecular weight excluding hydrogens is 528 g/mol. The van der Waals surface area contributed by atoms with E-state index in [0.717, 1.165) is 25.7 Å². The molecule has 2 aromatic carbocycles. The lowest BCUT2D eigenvalue weighted by Crippen LogP contribution is -2.13. The van der Waals surface area contributed by atoms with Crippen LogP contribution in [-0.2, 0) is 10.0 Å². The molecule has 0 atom stereocenters. The first kappa shape index (κ1) is 25.5. The number of sulfonamides is 1. The maximum Gasteiger partial charge on any atom is 0.261 e. The molecule has 3 N–H and O–H groups in total. The number of carbonyl (C=O) groups excluding carboxylic acids is 1. The number of nitrogens with two attached hydrogens (primary N) is 1. The SMILES string of the molecule is Nc1ncnc2c1c(C(=O)c1cccc(NS(=O)(=O)c3ccc(Oc4cccnc4)cc3)c1)cn2C1CCCC1. The first-order valence-electron chi connectivity index (χ1n) is 12.9. The van der Waals surface area contributed by atoms with Crippen molar-refractivity contribution in [2.24, 2.45) is 0 Å². The summed E-state index contributed by atoms with van der Waals surface area (Å²) < 4.78 is 36.5. The number of carbonyl (C=O) groups is 1. The van der Waals surface area contributed by atoms with E-state index in [0.29, 0.717) is 33.7 Å². The highest BCUT2D eigenvalue weighted by Gasteiger charge is 2.26. The largest absolute Gasteiger partial charge is 0.456 e. The van der Waals surface area contributed by atoms with Crippen LogP contribution in [0.15, 0.2) is 90.5 Å². The zero-order chi connectivity index (χ0) is 27.7. The second-order valence-electron chi connectivity index (χ2n) is 9.62. The predicted molar refractivity (Wildman–Crippen MR) is 151 cm³/mol. The van der Waals surface area contributed by atoms with E-state index in [4.69, 9.17) is 10.5 Å². The fourth-order valence-corrected chi connectivity index (χ4v) is 6.11. The topological polar surface area (TPSA) is 142 Å². The third-order valence-electron chi connectivity index (χ3n) is 6.98. The molecule has 40 heavy (non-hydrogen) atoms. The Bertz CT molecular complexity index is 1800. The summed E-state index contributed by atoms with van der Waals surface area (Å²) in [5, 5.41) is 0.513. The highest BCUT2D eigenvalue weighted by molar-refractivity contribution is 7.92. The first-order chi connectivity index (χ1) is 19.4. The average molecular weight is 555 g/mol. The Morgan fingerprint density at radius 1 is 1.00 bits per heavy atom. The van der Waals surface area contributed by atoms with Crippen LogP contribution in [0.25, 0.3) is 11.0 Å². The van der Waals surface area contributed by atoms with Gasteiger partial charge < -0.3 is 15.0 Å². The second kappa shape index (κ2) is 10.4.